The van der Waals surface area contributed by atoms with Crippen LogP contribution < -0.4 is 31.1 Å². The van der Waals surface area contributed by atoms with E-state index in [4.69, 9.17) is 80.7 Å². The number of benzene rings is 2. The third-order valence-corrected chi connectivity index (χ3v) is 14.7. The van der Waals surface area contributed by atoms with E-state index in [0.717, 1.165) is 110 Å². The van der Waals surface area contributed by atoms with Crippen molar-refractivity contribution in [3.05, 3.63) is 83.9 Å². The maximum absolute atomic E-state index is 11.7. The molecule has 4 aliphatic heterocycles. The maximum Gasteiger partial charge on any atom is 0.335 e. The number of ether oxygens (including phenoxy) is 4. The number of carbonyl (C=O) groups excluding carboxylic acids is 2. The molecule has 8 N–H and O–H groups in total. The lowest BCUT2D eigenvalue weighted by molar-refractivity contribution is -0.165. The van der Waals surface area contributed by atoms with Gasteiger partial charge in [0.2, 0.25) is 23.7 Å². The molecule has 4 saturated heterocycles. The molecule has 27 heteroatoms. The minimum atomic E-state index is -2.27. The first kappa shape index (κ1) is 61.5. The van der Waals surface area contributed by atoms with Crippen LogP contribution in [0.3, 0.4) is 0 Å². The maximum atomic E-state index is 11.7. The molecule has 4 aromatic heterocycles. The summed E-state index contributed by atoms with van der Waals surface area (Å²) >= 11 is 4.24. The second-order valence-electron chi connectivity index (χ2n) is 20.4. The molecule has 2 amide bonds. The van der Waals surface area contributed by atoms with E-state index in [-0.39, 0.29) is 47.3 Å². The van der Waals surface area contributed by atoms with Crippen LogP contribution in [0.25, 0.3) is 44.6 Å². The van der Waals surface area contributed by atoms with Crippen LogP contribution in [-0.4, -0.2) is 188 Å². The Kier molecular flexibility index (Phi) is 20.3. The number of aliphatic hydroxyl groups is 2. The predicted octanol–water partition coefficient (Wildman–Crippen LogP) is 5.04. The smallest absolute Gasteiger partial charge is 0.335 e. The summed E-state index contributed by atoms with van der Waals surface area (Å²) in [7, 11) is 0. The van der Waals surface area contributed by atoms with Crippen molar-refractivity contribution in [1.82, 2.24) is 29.9 Å². The van der Waals surface area contributed by atoms with Gasteiger partial charge in [-0.05, 0) is 88.1 Å². The van der Waals surface area contributed by atoms with Crippen molar-refractivity contribution in [3.63, 3.8) is 0 Å². The number of carbonyl (C=O) groups is 4. The summed E-state index contributed by atoms with van der Waals surface area (Å²) in [4.78, 5) is 81.7. The van der Waals surface area contributed by atoms with Gasteiger partial charge in [-0.1, -0.05) is 24.3 Å². The number of carboxylic acids is 2. The first-order valence-electron chi connectivity index (χ1n) is 26.1. The quantitative estimate of drug-likeness (QED) is 0.0926. The molecular weight excluding hydrogens is 1390 g/mol. The zero-order valence-corrected chi connectivity index (χ0v) is 51.0. The number of halogens is 3. The summed E-state index contributed by atoms with van der Waals surface area (Å²) in [5, 5.41) is 34.3. The number of aliphatic carboxylic acids is 2. The number of hydrogen-bond donors (Lipinski definition) is 6. The van der Waals surface area contributed by atoms with E-state index in [1.165, 1.54) is 0 Å². The minimum Gasteiger partial charge on any atom is -0.479 e. The van der Waals surface area contributed by atoms with Crippen LogP contribution >= 0.6 is 61.2 Å². The molecule has 81 heavy (non-hydrogen) atoms. The standard InChI is InChI=1S/2C25H28N6O3.C4H6O6.I2.HI/c2*1-16-14-33-11-10-31(16)23-19-5-6-20(17-3-2-4-18(13-17)21(26)32)27-22(19)28-24(29-23)30-9-12-34-25(15-30)7-8-25;5-1(3(7)8)2(6)4(9)10;1-2;/h2*2-6,13,16H,7-12,14-15H2,1H3,(H2,26,32);1-2,5-6H,(H,7,8)(H,9,10);;1H/t2*16-;;;/m00.../s1. The summed E-state index contributed by atoms with van der Waals surface area (Å²) in [5.74, 6) is -1.31. The van der Waals surface area contributed by atoms with Crippen molar-refractivity contribution in [3.8, 4) is 22.5 Å². The monoisotopic (exact) mass is 1450 g/mol. The molecule has 0 radical (unpaired) electrons. The van der Waals surface area contributed by atoms with E-state index in [9.17, 15) is 19.2 Å². The number of aliphatic hydroxyl groups excluding tert-OH is 2. The molecule has 6 aromatic rings. The van der Waals surface area contributed by atoms with E-state index in [1.807, 2.05) is 48.5 Å². The van der Waals surface area contributed by atoms with Gasteiger partial charge in [0.15, 0.2) is 23.5 Å². The van der Waals surface area contributed by atoms with Crippen molar-refractivity contribution >= 4 is 131 Å². The number of carboxylic acid groups (broad SMARTS) is 2. The second kappa shape index (κ2) is 26.8. The molecule has 2 unspecified atom stereocenters. The molecule has 6 aliphatic rings. The van der Waals surface area contributed by atoms with Crippen LogP contribution in [-0.2, 0) is 28.5 Å². The summed E-state index contributed by atoms with van der Waals surface area (Å²) < 4.78 is 23.4. The van der Waals surface area contributed by atoms with Crippen molar-refractivity contribution in [2.75, 3.05) is 98.5 Å². The van der Waals surface area contributed by atoms with E-state index in [0.29, 0.717) is 74.0 Å². The summed E-state index contributed by atoms with van der Waals surface area (Å²) in [6.45, 7) is 13.0. The molecule has 6 fully saturated rings. The summed E-state index contributed by atoms with van der Waals surface area (Å²) in [6, 6.07) is 22.8. The molecule has 2 spiro atoms. The van der Waals surface area contributed by atoms with Gasteiger partial charge in [-0.25, -0.2) is 19.6 Å². The second-order valence-corrected chi connectivity index (χ2v) is 20.4. The van der Waals surface area contributed by atoms with Crippen LogP contribution in [0.1, 0.15) is 60.2 Å². The van der Waals surface area contributed by atoms with Gasteiger partial charge < -0.3 is 70.4 Å². The zero-order chi connectivity index (χ0) is 56.9. The fourth-order valence-corrected chi connectivity index (χ4v) is 9.94. The highest BCUT2D eigenvalue weighted by molar-refractivity contribution is 15.0. The lowest BCUT2D eigenvalue weighted by Gasteiger charge is -2.36. The van der Waals surface area contributed by atoms with E-state index >= 15 is 0 Å². The molecule has 432 valence electrons. The van der Waals surface area contributed by atoms with Gasteiger partial charge in [0.1, 0.15) is 11.6 Å². The van der Waals surface area contributed by atoms with Crippen LogP contribution in [0, 0.1) is 0 Å². The Labute approximate surface area is 506 Å². The normalized spacial score (nSPS) is 20.3. The largest absolute Gasteiger partial charge is 0.479 e. The number of fused-ring (bicyclic) bond motifs is 2. The Morgan fingerprint density at radius 3 is 1.32 bits per heavy atom. The lowest BCUT2D eigenvalue weighted by Crippen LogP contribution is -2.46. The first-order chi connectivity index (χ1) is 38.5. The third-order valence-electron chi connectivity index (χ3n) is 14.7. The van der Waals surface area contributed by atoms with Crippen LogP contribution in [0.15, 0.2) is 72.8 Å². The average Bonchev–Trinajstić information content (AvgIpc) is 4.46. The van der Waals surface area contributed by atoms with Crippen molar-refractivity contribution < 1.29 is 58.6 Å². The van der Waals surface area contributed by atoms with E-state index < -0.39 is 36.0 Å². The Morgan fingerprint density at radius 2 is 0.975 bits per heavy atom. The molecule has 0 bridgehead atoms. The molecule has 12 rings (SSSR count). The number of nitrogens with zero attached hydrogens (tertiary/aromatic N) is 10. The summed E-state index contributed by atoms with van der Waals surface area (Å²) in [5.41, 5.74) is 16.2. The number of nitrogens with two attached hydrogens (primary N) is 2. The highest BCUT2D eigenvalue weighted by Gasteiger charge is 2.49. The van der Waals surface area contributed by atoms with E-state index in [2.05, 4.69) is 70.7 Å². The predicted molar refractivity (Wildman–Crippen MR) is 329 cm³/mol. The number of rotatable bonds is 11. The highest BCUT2D eigenvalue weighted by atomic mass is 128. The minimum absolute atomic E-state index is 0. The lowest BCUT2D eigenvalue weighted by atomic mass is 10.1. The Balaban J connectivity index is 0.000000176. The number of amides is 2. The Morgan fingerprint density at radius 1 is 0.580 bits per heavy atom. The highest BCUT2D eigenvalue weighted by Crippen LogP contribution is 2.44. The number of anilines is 4. The molecule has 24 nitrogen and oxygen atoms in total. The molecule has 2 aliphatic carbocycles. The average molecular weight is 1450 g/mol. The fraction of sp³-hybridized carbons (Fsp3) is 0.444. The van der Waals surface area contributed by atoms with Gasteiger partial charge in [-0.15, -0.1) is 24.0 Å². The Bertz CT molecular complexity index is 3060. The number of primary amides is 2. The van der Waals surface area contributed by atoms with Crippen LogP contribution in [0.4, 0.5) is 23.5 Å². The number of hydrogen-bond acceptors (Lipinski definition) is 20. The summed E-state index contributed by atoms with van der Waals surface area (Å²) in [6.07, 6.45) is -0.187. The van der Waals surface area contributed by atoms with Crippen molar-refractivity contribution in [1.29, 1.82) is 0 Å². The van der Waals surface area contributed by atoms with Gasteiger partial charge in [0.25, 0.3) is 0 Å². The first-order valence-corrected chi connectivity index (χ1v) is 32.4. The van der Waals surface area contributed by atoms with E-state index in [1.54, 1.807) is 24.3 Å². The number of aromatic nitrogens is 6. The fourth-order valence-electron chi connectivity index (χ4n) is 9.94. The van der Waals surface area contributed by atoms with Gasteiger partial charge in [0, 0.05) is 98.8 Å². The van der Waals surface area contributed by atoms with Crippen molar-refractivity contribution in [2.24, 2.45) is 11.5 Å². The molecule has 4 atom stereocenters. The topological polar surface area (TPSA) is 328 Å². The number of morpholine rings is 4. The third kappa shape index (κ3) is 14.5. The zero-order valence-electron chi connectivity index (χ0n) is 44.4. The Hall–Kier alpha value is -5.55. The van der Waals surface area contributed by atoms with Crippen LogP contribution in [0.5, 0.6) is 0 Å². The SMILES string of the molecule is C[C@H]1COCCN1c1nc(N2CCOC3(CC3)C2)nc2nc(-c3cccc(C(N)=O)c3)ccc12.C[C@H]1COCCN1c1nc(N2CCOC3(CC3)C2)nc2nc(-c3cccc(C(N)=O)c3)ccc12.I.II.O=C(O)C(O)C(O)C(=O)O. The van der Waals surface area contributed by atoms with Crippen molar-refractivity contribution in [2.45, 2.75) is 75.0 Å². The van der Waals surface area contributed by atoms with Gasteiger partial charge >= 0.3 is 11.9 Å². The molecular formula is C54H63I3N12O12. The van der Waals surface area contributed by atoms with Gasteiger partial charge in [-0.2, -0.15) is 19.9 Å². The van der Waals surface area contributed by atoms with Gasteiger partial charge in [-0.3, -0.25) is 9.59 Å². The van der Waals surface area contributed by atoms with Gasteiger partial charge in [0.05, 0.1) is 85.1 Å². The number of pyridine rings is 2. The molecule has 2 aromatic carbocycles. The van der Waals surface area contributed by atoms with Crippen LogP contribution in [0.2, 0.25) is 0 Å². The molecule has 2 saturated carbocycles. The molecule has 8 heterocycles.